The molecule has 5 heteroatoms. The molecule has 0 aliphatic carbocycles. The van der Waals surface area contributed by atoms with E-state index < -0.39 is 0 Å². The number of hydrogen-bond donors (Lipinski definition) is 1. The van der Waals surface area contributed by atoms with Gasteiger partial charge in [-0.05, 0) is 20.3 Å². The number of ether oxygens (including phenoxy) is 1. The molecule has 2 heterocycles. The van der Waals surface area contributed by atoms with E-state index in [1.165, 1.54) is 0 Å². The van der Waals surface area contributed by atoms with E-state index in [0.29, 0.717) is 18.3 Å². The third-order valence-electron chi connectivity index (χ3n) is 2.43. The second-order valence-electron chi connectivity index (χ2n) is 3.69. The Kier molecular flexibility index (Phi) is 2.62. The average molecular weight is 209 g/mol. The smallest absolute Gasteiger partial charge is 0.358 e. The third-order valence-corrected chi connectivity index (χ3v) is 2.43. The second kappa shape index (κ2) is 3.92. The number of carbonyl (C=O) groups excluding carboxylic acids is 1. The number of nitrogens with one attached hydrogen (secondary N) is 1. The van der Waals surface area contributed by atoms with E-state index in [-0.39, 0.29) is 5.97 Å². The van der Waals surface area contributed by atoms with Crippen molar-refractivity contribution in [2.45, 2.75) is 32.9 Å². The number of hydrogen-bond acceptors (Lipinski definition) is 4. The first-order valence-corrected chi connectivity index (χ1v) is 5.22. The van der Waals surface area contributed by atoms with E-state index in [2.05, 4.69) is 17.3 Å². The summed E-state index contributed by atoms with van der Waals surface area (Å²) >= 11 is 0. The van der Waals surface area contributed by atoms with Crippen LogP contribution in [0.15, 0.2) is 6.07 Å². The number of esters is 1. The fourth-order valence-electron chi connectivity index (χ4n) is 1.65. The van der Waals surface area contributed by atoms with Gasteiger partial charge in [0, 0.05) is 18.7 Å². The molecule has 0 saturated carbocycles. The maximum Gasteiger partial charge on any atom is 0.358 e. The van der Waals surface area contributed by atoms with Gasteiger partial charge in [0.15, 0.2) is 5.69 Å². The summed E-state index contributed by atoms with van der Waals surface area (Å²) in [5, 5.41) is 7.45. The van der Waals surface area contributed by atoms with E-state index in [9.17, 15) is 4.79 Å². The normalized spacial score (nSPS) is 19.2. The Morgan fingerprint density at radius 2 is 2.60 bits per heavy atom. The van der Waals surface area contributed by atoms with Crippen LogP contribution < -0.4 is 5.32 Å². The van der Waals surface area contributed by atoms with Crippen LogP contribution in [0.25, 0.3) is 0 Å². The van der Waals surface area contributed by atoms with Crippen LogP contribution in [0.1, 0.15) is 30.8 Å². The quantitative estimate of drug-likeness (QED) is 0.745. The molecule has 0 saturated heterocycles. The van der Waals surface area contributed by atoms with Crippen molar-refractivity contribution in [1.29, 1.82) is 0 Å². The number of anilines is 1. The molecule has 2 rings (SSSR count). The Hall–Kier alpha value is -1.52. The maximum atomic E-state index is 11.4. The summed E-state index contributed by atoms with van der Waals surface area (Å²) in [6.45, 7) is 5.13. The number of carbonyl (C=O) groups is 1. The lowest BCUT2D eigenvalue weighted by Crippen LogP contribution is -2.25. The summed E-state index contributed by atoms with van der Waals surface area (Å²) in [4.78, 5) is 11.4. The molecule has 1 aromatic heterocycles. The predicted octanol–water partition coefficient (Wildman–Crippen LogP) is 1.26. The van der Waals surface area contributed by atoms with E-state index in [4.69, 9.17) is 4.74 Å². The summed E-state index contributed by atoms with van der Waals surface area (Å²) in [6.07, 6.45) is 1.02. The van der Waals surface area contributed by atoms with Crippen molar-refractivity contribution in [3.8, 4) is 0 Å². The largest absolute Gasteiger partial charge is 0.461 e. The summed E-state index contributed by atoms with van der Waals surface area (Å²) in [5.41, 5.74) is 0.383. The maximum absolute atomic E-state index is 11.4. The van der Waals surface area contributed by atoms with E-state index in [1.54, 1.807) is 13.0 Å². The van der Waals surface area contributed by atoms with Crippen LogP contribution in [-0.4, -0.2) is 28.4 Å². The van der Waals surface area contributed by atoms with Crippen molar-refractivity contribution < 1.29 is 9.53 Å². The Morgan fingerprint density at radius 3 is 3.33 bits per heavy atom. The van der Waals surface area contributed by atoms with Crippen LogP contribution in [0.2, 0.25) is 0 Å². The fourth-order valence-corrected chi connectivity index (χ4v) is 1.65. The van der Waals surface area contributed by atoms with E-state index in [1.807, 2.05) is 4.68 Å². The third kappa shape index (κ3) is 1.95. The van der Waals surface area contributed by atoms with Gasteiger partial charge in [-0.15, -0.1) is 0 Å². The number of aromatic nitrogens is 2. The lowest BCUT2D eigenvalue weighted by molar-refractivity contribution is 0.0518. The molecule has 0 aromatic carbocycles. The van der Waals surface area contributed by atoms with Gasteiger partial charge >= 0.3 is 5.97 Å². The van der Waals surface area contributed by atoms with Gasteiger partial charge in [0.2, 0.25) is 0 Å². The van der Waals surface area contributed by atoms with Gasteiger partial charge in [0.25, 0.3) is 0 Å². The molecule has 15 heavy (non-hydrogen) atoms. The topological polar surface area (TPSA) is 56.2 Å². The van der Waals surface area contributed by atoms with Crippen LogP contribution in [0, 0.1) is 0 Å². The molecule has 5 nitrogen and oxygen atoms in total. The first kappa shape index (κ1) is 10.0. The highest BCUT2D eigenvalue weighted by atomic mass is 16.5. The van der Waals surface area contributed by atoms with Crippen LogP contribution in [0.4, 0.5) is 5.82 Å². The van der Waals surface area contributed by atoms with Gasteiger partial charge in [-0.1, -0.05) is 0 Å². The number of aryl methyl sites for hydroxylation is 1. The molecule has 1 unspecified atom stereocenters. The van der Waals surface area contributed by atoms with Crippen molar-refractivity contribution in [3.05, 3.63) is 11.8 Å². The second-order valence-corrected chi connectivity index (χ2v) is 3.69. The van der Waals surface area contributed by atoms with Gasteiger partial charge in [-0.3, -0.25) is 0 Å². The Labute approximate surface area is 88.4 Å². The average Bonchev–Trinajstić information content (AvgIpc) is 2.60. The van der Waals surface area contributed by atoms with Crippen LogP contribution in [0.5, 0.6) is 0 Å². The first-order valence-electron chi connectivity index (χ1n) is 5.22. The van der Waals surface area contributed by atoms with Gasteiger partial charge in [-0.2, -0.15) is 5.10 Å². The monoisotopic (exact) mass is 209 g/mol. The summed E-state index contributed by atoms with van der Waals surface area (Å²) in [7, 11) is 0. The highest BCUT2D eigenvalue weighted by Crippen LogP contribution is 2.19. The Balaban J connectivity index is 2.19. The van der Waals surface area contributed by atoms with Crippen molar-refractivity contribution in [2.24, 2.45) is 0 Å². The molecule has 0 amide bonds. The lowest BCUT2D eigenvalue weighted by atomic mass is 10.2. The zero-order valence-corrected chi connectivity index (χ0v) is 8.99. The molecule has 1 atom stereocenters. The van der Waals surface area contributed by atoms with Gasteiger partial charge in [-0.25, -0.2) is 9.48 Å². The predicted molar refractivity (Wildman–Crippen MR) is 55.9 cm³/mol. The molecule has 0 fully saturated rings. The minimum Gasteiger partial charge on any atom is -0.461 e. The molecule has 82 valence electrons. The van der Waals surface area contributed by atoms with Gasteiger partial charge in [0.05, 0.1) is 6.61 Å². The zero-order chi connectivity index (χ0) is 10.8. The van der Waals surface area contributed by atoms with Gasteiger partial charge < -0.3 is 10.1 Å². The van der Waals surface area contributed by atoms with Crippen LogP contribution in [-0.2, 0) is 11.3 Å². The fraction of sp³-hybridized carbons (Fsp3) is 0.600. The lowest BCUT2D eigenvalue weighted by Gasteiger charge is -2.21. The molecule has 0 radical (unpaired) electrons. The van der Waals surface area contributed by atoms with Crippen molar-refractivity contribution >= 4 is 11.8 Å². The summed E-state index contributed by atoms with van der Waals surface area (Å²) in [5.74, 6) is 0.547. The molecule has 0 bridgehead atoms. The first-order chi connectivity index (χ1) is 7.20. The minimum atomic E-state index is -0.353. The molecule has 1 aliphatic rings. The molecular formula is C10H15N3O2. The van der Waals surface area contributed by atoms with Crippen LogP contribution in [0.3, 0.4) is 0 Å². The van der Waals surface area contributed by atoms with Gasteiger partial charge in [0.1, 0.15) is 5.82 Å². The summed E-state index contributed by atoms with van der Waals surface area (Å²) in [6, 6.07) is 2.18. The van der Waals surface area contributed by atoms with Crippen molar-refractivity contribution in [3.63, 3.8) is 0 Å². The molecule has 1 aliphatic heterocycles. The molecule has 1 N–H and O–H groups in total. The summed E-state index contributed by atoms with van der Waals surface area (Å²) < 4.78 is 6.70. The number of fused-ring (bicyclic) bond motifs is 1. The van der Waals surface area contributed by atoms with Crippen LogP contribution >= 0.6 is 0 Å². The SMILES string of the molecule is CCOC(=O)c1cc2n(n1)CCC(C)N2. The standard InChI is InChI=1S/C10H15N3O2/c1-3-15-10(14)8-6-9-11-7(2)4-5-13(9)12-8/h6-7,11H,3-5H2,1-2H3. The molecule has 0 spiro atoms. The highest BCUT2D eigenvalue weighted by molar-refractivity contribution is 5.88. The minimum absolute atomic E-state index is 0.353. The Morgan fingerprint density at radius 1 is 1.80 bits per heavy atom. The zero-order valence-electron chi connectivity index (χ0n) is 8.99. The Bertz CT molecular complexity index is 373. The van der Waals surface area contributed by atoms with Crippen molar-refractivity contribution in [1.82, 2.24) is 9.78 Å². The van der Waals surface area contributed by atoms with E-state index in [0.717, 1.165) is 18.8 Å². The van der Waals surface area contributed by atoms with E-state index >= 15 is 0 Å². The number of nitrogens with zero attached hydrogens (tertiary/aromatic N) is 2. The molecular weight excluding hydrogens is 194 g/mol. The van der Waals surface area contributed by atoms with Crippen molar-refractivity contribution in [2.75, 3.05) is 11.9 Å². The molecule has 1 aromatic rings. The highest BCUT2D eigenvalue weighted by Gasteiger charge is 2.19. The number of rotatable bonds is 2.